The largest absolute Gasteiger partial charge is 0.393 e. The normalized spacial score (nSPS) is 20.7. The van der Waals surface area contributed by atoms with Crippen LogP contribution in [0.3, 0.4) is 0 Å². The number of pyridine rings is 1. The van der Waals surface area contributed by atoms with Gasteiger partial charge in [0.25, 0.3) is 0 Å². The molecule has 154 valence electrons. The third-order valence-electron chi connectivity index (χ3n) is 5.64. The quantitative estimate of drug-likeness (QED) is 0.664. The number of aliphatic hydroxyl groups excluding tert-OH is 1. The molecule has 0 unspecified atom stereocenters. The van der Waals surface area contributed by atoms with Gasteiger partial charge < -0.3 is 15.2 Å². The van der Waals surface area contributed by atoms with E-state index in [9.17, 15) is 5.11 Å². The molecule has 4 rings (SSSR count). The fourth-order valence-electron chi connectivity index (χ4n) is 4.14. The van der Waals surface area contributed by atoms with Gasteiger partial charge in [-0.1, -0.05) is 0 Å². The van der Waals surface area contributed by atoms with E-state index in [0.717, 1.165) is 48.2 Å². The van der Waals surface area contributed by atoms with Crippen molar-refractivity contribution < 1.29 is 9.84 Å². The predicted molar refractivity (Wildman–Crippen MR) is 113 cm³/mol. The van der Waals surface area contributed by atoms with Crippen LogP contribution in [-0.4, -0.2) is 50.6 Å². The van der Waals surface area contributed by atoms with Crippen LogP contribution in [0.5, 0.6) is 0 Å². The fourth-order valence-corrected chi connectivity index (χ4v) is 4.14. The van der Waals surface area contributed by atoms with Gasteiger partial charge in [0.15, 0.2) is 0 Å². The number of rotatable bonds is 6. The Balaban J connectivity index is 1.78. The van der Waals surface area contributed by atoms with Gasteiger partial charge >= 0.3 is 0 Å². The second-order valence-corrected chi connectivity index (χ2v) is 8.09. The van der Waals surface area contributed by atoms with Crippen LogP contribution in [0.15, 0.2) is 30.6 Å². The van der Waals surface area contributed by atoms with Crippen LogP contribution in [0, 0.1) is 6.92 Å². The third-order valence-corrected chi connectivity index (χ3v) is 5.64. The Morgan fingerprint density at radius 1 is 1.24 bits per heavy atom. The van der Waals surface area contributed by atoms with Crippen LogP contribution in [0.2, 0.25) is 0 Å². The molecule has 7 heteroatoms. The number of aliphatic hydroxyl groups is 1. The summed E-state index contributed by atoms with van der Waals surface area (Å²) in [5.74, 6) is 0.946. The zero-order chi connectivity index (χ0) is 20.4. The van der Waals surface area contributed by atoms with E-state index in [4.69, 9.17) is 9.84 Å². The Kier molecular flexibility index (Phi) is 5.78. The van der Waals surface area contributed by atoms with Crippen molar-refractivity contribution in [1.82, 2.24) is 19.6 Å². The summed E-state index contributed by atoms with van der Waals surface area (Å²) in [5.41, 5.74) is 5.27. The molecule has 3 heterocycles. The molecule has 1 aliphatic rings. The van der Waals surface area contributed by atoms with E-state index in [0.29, 0.717) is 18.5 Å². The summed E-state index contributed by atoms with van der Waals surface area (Å²) < 4.78 is 7.22. The topological polar surface area (TPSA) is 84.6 Å². The summed E-state index contributed by atoms with van der Waals surface area (Å²) in [6.07, 6.45) is 7.11. The molecule has 1 fully saturated rings. The highest BCUT2D eigenvalue weighted by Crippen LogP contribution is 2.37. The molecular formula is C22H29N5O2. The van der Waals surface area contributed by atoms with Crippen LogP contribution in [0.4, 0.5) is 5.95 Å². The standard InChI is InChI=1S/C22H29N5O2/c1-14-8-9-23-19(10-14)18-11-20(16-4-6-17(28)7-5-16)27-21(18)12-24-22(26-27)25-15(2)13-29-3/h8-12,15-17,28H,4-7,13H2,1-3H3,(H,25,26)/t15-,16?,17?/m0/s1. The van der Waals surface area contributed by atoms with Crippen molar-refractivity contribution in [1.29, 1.82) is 0 Å². The van der Waals surface area contributed by atoms with E-state index >= 15 is 0 Å². The first-order valence-electron chi connectivity index (χ1n) is 10.3. The number of nitrogens with zero attached hydrogens (tertiary/aromatic N) is 4. The minimum absolute atomic E-state index is 0.110. The Labute approximate surface area is 171 Å². The van der Waals surface area contributed by atoms with Crippen molar-refractivity contribution in [3.05, 3.63) is 41.9 Å². The van der Waals surface area contributed by atoms with E-state index in [-0.39, 0.29) is 12.1 Å². The van der Waals surface area contributed by atoms with Gasteiger partial charge in [0.05, 0.1) is 30.1 Å². The molecule has 0 aliphatic heterocycles. The molecule has 0 spiro atoms. The number of anilines is 1. The first-order valence-corrected chi connectivity index (χ1v) is 10.3. The summed E-state index contributed by atoms with van der Waals surface area (Å²) in [6.45, 7) is 4.69. The number of fused-ring (bicyclic) bond motifs is 1. The number of aryl methyl sites for hydroxylation is 1. The van der Waals surface area contributed by atoms with Gasteiger partial charge in [0, 0.05) is 36.5 Å². The summed E-state index contributed by atoms with van der Waals surface area (Å²) in [6, 6.07) is 6.41. The average molecular weight is 396 g/mol. The molecule has 0 amide bonds. The van der Waals surface area contributed by atoms with Gasteiger partial charge in [0.2, 0.25) is 5.95 Å². The van der Waals surface area contributed by atoms with Crippen LogP contribution in [0.1, 0.15) is 49.8 Å². The summed E-state index contributed by atoms with van der Waals surface area (Å²) in [5, 5.41) is 18.0. The summed E-state index contributed by atoms with van der Waals surface area (Å²) in [4.78, 5) is 9.13. The molecular weight excluding hydrogens is 366 g/mol. The summed E-state index contributed by atoms with van der Waals surface area (Å²) >= 11 is 0. The van der Waals surface area contributed by atoms with Crippen LogP contribution in [0.25, 0.3) is 16.8 Å². The predicted octanol–water partition coefficient (Wildman–Crippen LogP) is 3.57. The Hall–Kier alpha value is -2.51. The first kappa shape index (κ1) is 19.8. The van der Waals surface area contributed by atoms with Crippen LogP contribution in [-0.2, 0) is 4.74 Å². The molecule has 29 heavy (non-hydrogen) atoms. The van der Waals surface area contributed by atoms with Gasteiger partial charge in [0.1, 0.15) is 0 Å². The maximum Gasteiger partial charge on any atom is 0.241 e. The fraction of sp³-hybridized carbons (Fsp3) is 0.500. The molecule has 0 saturated heterocycles. The number of ether oxygens (including phenoxy) is 1. The molecule has 3 aromatic heterocycles. The van der Waals surface area contributed by atoms with E-state index in [1.54, 1.807) is 7.11 Å². The number of hydrogen-bond acceptors (Lipinski definition) is 6. The molecule has 1 aliphatic carbocycles. The van der Waals surface area contributed by atoms with Crippen molar-refractivity contribution >= 4 is 11.5 Å². The van der Waals surface area contributed by atoms with Crippen molar-refractivity contribution in [3.63, 3.8) is 0 Å². The van der Waals surface area contributed by atoms with E-state index in [1.165, 1.54) is 5.56 Å². The van der Waals surface area contributed by atoms with Gasteiger partial charge in [-0.25, -0.2) is 9.50 Å². The zero-order valence-corrected chi connectivity index (χ0v) is 17.3. The molecule has 7 nitrogen and oxygen atoms in total. The SMILES string of the molecule is COC[C@H](C)Nc1ncc2c(-c3cc(C)ccn3)cc(C3CCC(O)CC3)n2n1. The maximum absolute atomic E-state index is 9.93. The number of nitrogens with one attached hydrogen (secondary N) is 1. The maximum atomic E-state index is 9.93. The Bertz CT molecular complexity index is 978. The van der Waals surface area contributed by atoms with Crippen molar-refractivity contribution in [2.24, 2.45) is 0 Å². The minimum Gasteiger partial charge on any atom is -0.393 e. The van der Waals surface area contributed by atoms with Gasteiger partial charge in [-0.2, -0.15) is 0 Å². The van der Waals surface area contributed by atoms with Crippen LogP contribution < -0.4 is 5.32 Å². The van der Waals surface area contributed by atoms with Gasteiger partial charge in [-0.3, -0.25) is 4.98 Å². The number of aromatic nitrogens is 4. The number of methoxy groups -OCH3 is 1. The molecule has 3 aromatic rings. The highest BCUT2D eigenvalue weighted by molar-refractivity contribution is 5.79. The van der Waals surface area contributed by atoms with Gasteiger partial charge in [-0.05, 0) is 63.3 Å². The van der Waals surface area contributed by atoms with E-state index in [2.05, 4.69) is 34.3 Å². The lowest BCUT2D eigenvalue weighted by atomic mass is 9.85. The molecule has 0 aromatic carbocycles. The molecule has 0 bridgehead atoms. The Morgan fingerprint density at radius 2 is 2.03 bits per heavy atom. The van der Waals surface area contributed by atoms with E-state index < -0.39 is 0 Å². The monoisotopic (exact) mass is 395 g/mol. The molecule has 1 atom stereocenters. The molecule has 2 N–H and O–H groups in total. The second kappa shape index (κ2) is 8.47. The van der Waals surface area contributed by atoms with Crippen molar-refractivity contribution in [3.8, 4) is 11.3 Å². The highest BCUT2D eigenvalue weighted by atomic mass is 16.5. The lowest BCUT2D eigenvalue weighted by molar-refractivity contribution is 0.121. The van der Waals surface area contributed by atoms with Gasteiger partial charge in [-0.15, -0.1) is 5.10 Å². The first-order chi connectivity index (χ1) is 14.0. The minimum atomic E-state index is -0.183. The third kappa shape index (κ3) is 4.26. The second-order valence-electron chi connectivity index (χ2n) is 8.09. The molecule has 0 radical (unpaired) electrons. The van der Waals surface area contributed by atoms with E-state index in [1.807, 2.05) is 29.9 Å². The van der Waals surface area contributed by atoms with Crippen LogP contribution >= 0.6 is 0 Å². The lowest BCUT2D eigenvalue weighted by Gasteiger charge is -2.25. The highest BCUT2D eigenvalue weighted by Gasteiger charge is 2.26. The number of hydrogen-bond donors (Lipinski definition) is 2. The zero-order valence-electron chi connectivity index (χ0n) is 17.3. The molecule has 1 saturated carbocycles. The lowest BCUT2D eigenvalue weighted by Crippen LogP contribution is -2.23. The smallest absolute Gasteiger partial charge is 0.241 e. The Morgan fingerprint density at radius 3 is 2.76 bits per heavy atom. The average Bonchev–Trinajstić information content (AvgIpc) is 3.08. The van der Waals surface area contributed by atoms with Crippen molar-refractivity contribution in [2.45, 2.75) is 57.6 Å². The summed E-state index contributed by atoms with van der Waals surface area (Å²) in [7, 11) is 1.69. The van der Waals surface area contributed by atoms with Crippen molar-refractivity contribution in [2.75, 3.05) is 19.0 Å².